The number of morpholine rings is 1. The summed E-state index contributed by atoms with van der Waals surface area (Å²) in [5.74, 6) is -1.43. The van der Waals surface area contributed by atoms with Crippen LogP contribution in [0.3, 0.4) is 0 Å². The standard InChI is InChI=1S/C31H29NO7/c1-32-23-15-19(16-24(32)28-27(23)39-28)37-29(33)20(18-9-3-2-4-10-18)17-36-30(34)31(35)21-11-5-7-13-25(21)38-26-14-8-6-12-22(26)31/h2-14,19-20,23-24,27-28,35H,15-17H2,1H3/t19?,20?,23?,24?,27-,28+. The predicted octanol–water partition coefficient (Wildman–Crippen LogP) is 3.51. The Morgan fingerprint density at radius 2 is 1.49 bits per heavy atom. The van der Waals surface area contributed by atoms with Crippen molar-refractivity contribution in [1.29, 1.82) is 0 Å². The molecule has 0 aromatic heterocycles. The number of hydrogen-bond acceptors (Lipinski definition) is 8. The van der Waals surface area contributed by atoms with E-state index in [1.165, 1.54) is 0 Å². The minimum atomic E-state index is -2.09. The van der Waals surface area contributed by atoms with Gasteiger partial charge in [-0.1, -0.05) is 66.7 Å². The third-order valence-electron chi connectivity index (χ3n) is 8.59. The molecule has 8 nitrogen and oxygen atoms in total. The fourth-order valence-corrected chi connectivity index (χ4v) is 6.48. The third kappa shape index (κ3) is 3.93. The Balaban J connectivity index is 1.12. The van der Waals surface area contributed by atoms with E-state index in [4.69, 9.17) is 18.9 Å². The van der Waals surface area contributed by atoms with Crippen LogP contribution in [0.25, 0.3) is 0 Å². The van der Waals surface area contributed by atoms with Crippen molar-refractivity contribution in [3.63, 3.8) is 0 Å². The summed E-state index contributed by atoms with van der Waals surface area (Å²) < 4.78 is 23.5. The number of carbonyl (C=O) groups excluding carboxylic acids is 2. The number of rotatable bonds is 6. The topological polar surface area (TPSA) is 97.8 Å². The van der Waals surface area contributed by atoms with Gasteiger partial charge in [0.1, 0.15) is 42.3 Å². The van der Waals surface area contributed by atoms with E-state index in [1.54, 1.807) is 48.5 Å². The summed E-state index contributed by atoms with van der Waals surface area (Å²) >= 11 is 0. The number of likely N-dealkylation sites (N-methyl/N-ethyl adjacent to an activating group) is 1. The Morgan fingerprint density at radius 1 is 0.923 bits per heavy atom. The largest absolute Gasteiger partial charge is 0.462 e. The van der Waals surface area contributed by atoms with Gasteiger partial charge in [0.05, 0.1) is 0 Å². The van der Waals surface area contributed by atoms with E-state index in [0.29, 0.717) is 29.9 Å². The second-order valence-electron chi connectivity index (χ2n) is 10.8. The molecule has 1 N–H and O–H groups in total. The van der Waals surface area contributed by atoms with Crippen molar-refractivity contribution in [3.8, 4) is 11.5 Å². The molecule has 8 heteroatoms. The Labute approximate surface area is 226 Å². The van der Waals surface area contributed by atoms with Gasteiger partial charge in [0.2, 0.25) is 5.60 Å². The second kappa shape index (κ2) is 9.19. The van der Waals surface area contributed by atoms with Gasteiger partial charge in [-0.3, -0.25) is 9.69 Å². The number of benzene rings is 3. The Hall–Kier alpha value is -3.72. The van der Waals surface area contributed by atoms with Crippen LogP contribution in [0.2, 0.25) is 0 Å². The number of fused-ring (bicyclic) bond motifs is 7. The number of piperidine rings is 1. The smallest absolute Gasteiger partial charge is 0.348 e. The summed E-state index contributed by atoms with van der Waals surface area (Å²) in [5.41, 5.74) is -0.840. The molecule has 4 unspecified atom stereocenters. The number of carbonyl (C=O) groups is 2. The molecule has 2 bridgehead atoms. The molecule has 0 amide bonds. The molecule has 3 aromatic rings. The van der Waals surface area contributed by atoms with E-state index in [-0.39, 0.29) is 48.1 Å². The van der Waals surface area contributed by atoms with Crippen molar-refractivity contribution >= 4 is 11.9 Å². The molecule has 0 saturated carbocycles. The molecule has 0 aliphatic carbocycles. The first-order chi connectivity index (χ1) is 18.9. The molecule has 0 radical (unpaired) electrons. The highest BCUT2D eigenvalue weighted by Gasteiger charge is 2.63. The number of para-hydroxylation sites is 2. The minimum absolute atomic E-state index is 0.222. The molecule has 3 fully saturated rings. The highest BCUT2D eigenvalue weighted by molar-refractivity contribution is 5.89. The van der Waals surface area contributed by atoms with Gasteiger partial charge in [0.15, 0.2) is 0 Å². The fraction of sp³-hybridized carbons (Fsp3) is 0.355. The molecular formula is C31H29NO7. The molecule has 3 aromatic carbocycles. The zero-order valence-corrected chi connectivity index (χ0v) is 21.4. The Bertz CT molecular complexity index is 1360. The summed E-state index contributed by atoms with van der Waals surface area (Å²) in [4.78, 5) is 29.5. The monoisotopic (exact) mass is 527 g/mol. The Kier molecular flexibility index (Phi) is 5.73. The van der Waals surface area contributed by atoms with E-state index < -0.39 is 23.5 Å². The van der Waals surface area contributed by atoms with Crippen molar-refractivity contribution in [2.45, 2.75) is 54.8 Å². The molecule has 39 heavy (non-hydrogen) atoms. The third-order valence-corrected chi connectivity index (χ3v) is 8.59. The normalized spacial score (nSPS) is 28.2. The maximum Gasteiger partial charge on any atom is 0.348 e. The lowest BCUT2D eigenvalue weighted by molar-refractivity contribution is -0.167. The van der Waals surface area contributed by atoms with Crippen LogP contribution in [0.4, 0.5) is 0 Å². The van der Waals surface area contributed by atoms with Gasteiger partial charge in [-0.2, -0.15) is 0 Å². The first kappa shape index (κ1) is 24.3. The summed E-state index contributed by atoms with van der Waals surface area (Å²) in [6.07, 6.45) is 1.69. The first-order valence-electron chi connectivity index (χ1n) is 13.3. The van der Waals surface area contributed by atoms with Gasteiger partial charge in [-0.25, -0.2) is 4.79 Å². The van der Waals surface area contributed by atoms with Crippen molar-refractivity contribution in [1.82, 2.24) is 4.90 Å². The van der Waals surface area contributed by atoms with Crippen LogP contribution in [0, 0.1) is 0 Å². The van der Waals surface area contributed by atoms with Crippen LogP contribution < -0.4 is 4.74 Å². The van der Waals surface area contributed by atoms with Gasteiger partial charge in [-0.05, 0) is 24.7 Å². The molecule has 4 aliphatic heterocycles. The van der Waals surface area contributed by atoms with Gasteiger partial charge in [-0.15, -0.1) is 0 Å². The van der Waals surface area contributed by atoms with Gasteiger partial charge >= 0.3 is 11.9 Å². The molecule has 200 valence electrons. The van der Waals surface area contributed by atoms with Crippen molar-refractivity contribution in [3.05, 3.63) is 95.6 Å². The molecular weight excluding hydrogens is 498 g/mol. The summed E-state index contributed by atoms with van der Waals surface area (Å²) in [7, 11) is 2.10. The fourth-order valence-electron chi connectivity index (χ4n) is 6.48. The number of ether oxygens (including phenoxy) is 4. The second-order valence-corrected chi connectivity index (χ2v) is 10.8. The van der Waals surface area contributed by atoms with Crippen LogP contribution in [0.5, 0.6) is 11.5 Å². The first-order valence-corrected chi connectivity index (χ1v) is 13.3. The lowest BCUT2D eigenvalue weighted by Crippen LogP contribution is -2.48. The average molecular weight is 528 g/mol. The van der Waals surface area contributed by atoms with Crippen LogP contribution in [0.1, 0.15) is 35.4 Å². The van der Waals surface area contributed by atoms with E-state index in [2.05, 4.69) is 11.9 Å². The number of epoxide rings is 1. The zero-order chi connectivity index (χ0) is 26.7. The minimum Gasteiger partial charge on any atom is -0.462 e. The maximum absolute atomic E-state index is 13.7. The van der Waals surface area contributed by atoms with Crippen LogP contribution in [0.15, 0.2) is 78.9 Å². The van der Waals surface area contributed by atoms with Crippen LogP contribution in [-0.4, -0.2) is 66.0 Å². The Morgan fingerprint density at radius 3 is 2.10 bits per heavy atom. The summed E-state index contributed by atoms with van der Waals surface area (Å²) in [6.45, 7) is -0.275. The molecule has 7 rings (SSSR count). The van der Waals surface area contributed by atoms with E-state index in [1.807, 2.05) is 30.3 Å². The maximum atomic E-state index is 13.7. The van der Waals surface area contributed by atoms with Gasteiger partial charge < -0.3 is 24.1 Å². The van der Waals surface area contributed by atoms with Gasteiger partial charge in [0, 0.05) is 36.1 Å². The number of nitrogens with zero attached hydrogens (tertiary/aromatic N) is 1. The quantitative estimate of drug-likeness (QED) is 0.384. The van der Waals surface area contributed by atoms with E-state index in [0.717, 1.165) is 0 Å². The highest BCUT2D eigenvalue weighted by Crippen LogP contribution is 2.49. The molecule has 0 spiro atoms. The number of aliphatic hydroxyl groups is 1. The summed E-state index contributed by atoms with van der Waals surface area (Å²) in [5, 5.41) is 11.9. The van der Waals surface area contributed by atoms with Crippen molar-refractivity contribution < 1.29 is 33.6 Å². The zero-order valence-electron chi connectivity index (χ0n) is 21.4. The molecule has 6 atom stereocenters. The van der Waals surface area contributed by atoms with E-state index in [9.17, 15) is 14.7 Å². The lowest BCUT2D eigenvalue weighted by Gasteiger charge is -2.38. The van der Waals surface area contributed by atoms with Crippen molar-refractivity contribution in [2.24, 2.45) is 0 Å². The molecule has 4 heterocycles. The lowest BCUT2D eigenvalue weighted by atomic mass is 9.83. The van der Waals surface area contributed by atoms with E-state index >= 15 is 0 Å². The molecule has 3 saturated heterocycles. The number of hydrogen-bond donors (Lipinski definition) is 1. The SMILES string of the molecule is CN1C2CC(OC(=O)C(COC(=O)C3(O)c4ccccc4Oc4ccccc43)c3ccccc3)CC1[C@@H]1O[C@H]21. The molecule has 4 aliphatic rings. The number of esters is 2. The summed E-state index contributed by atoms with van der Waals surface area (Å²) in [6, 6.07) is 23.3. The average Bonchev–Trinajstić information content (AvgIpc) is 3.72. The van der Waals surface area contributed by atoms with Gasteiger partial charge in [0.25, 0.3) is 0 Å². The van der Waals surface area contributed by atoms with Crippen LogP contribution >= 0.6 is 0 Å². The highest BCUT2D eigenvalue weighted by atomic mass is 16.6. The predicted molar refractivity (Wildman–Crippen MR) is 139 cm³/mol. The van der Waals surface area contributed by atoms with Crippen LogP contribution in [-0.2, 0) is 29.4 Å². The van der Waals surface area contributed by atoms with Crippen molar-refractivity contribution in [2.75, 3.05) is 13.7 Å².